The van der Waals surface area contributed by atoms with Crippen molar-refractivity contribution < 1.29 is 14.3 Å². The van der Waals surface area contributed by atoms with Gasteiger partial charge in [-0.25, -0.2) is 9.79 Å². The van der Waals surface area contributed by atoms with Gasteiger partial charge in [0, 0.05) is 5.56 Å². The van der Waals surface area contributed by atoms with Crippen LogP contribution in [0.5, 0.6) is 5.75 Å². The smallest absolute Gasteiger partial charge is 0.338 e. The van der Waals surface area contributed by atoms with Gasteiger partial charge in [-0.05, 0) is 38.0 Å². The molecule has 7 heteroatoms. The lowest BCUT2D eigenvalue weighted by molar-refractivity contribution is -0.136. The van der Waals surface area contributed by atoms with Crippen LogP contribution in [0, 0.1) is 0 Å². The van der Waals surface area contributed by atoms with Crippen LogP contribution in [0.3, 0.4) is 0 Å². The Morgan fingerprint density at radius 1 is 1.18 bits per heavy atom. The molecule has 4 rings (SSSR count). The van der Waals surface area contributed by atoms with Crippen molar-refractivity contribution in [1.82, 2.24) is 4.57 Å². The molecule has 0 amide bonds. The summed E-state index contributed by atoms with van der Waals surface area (Å²) in [4.78, 5) is 31.4. The third kappa shape index (κ3) is 4.41. The van der Waals surface area contributed by atoms with E-state index in [1.807, 2.05) is 67.6 Å². The Kier molecular flexibility index (Phi) is 6.60. The molecule has 2 unspecified atom stereocenters. The van der Waals surface area contributed by atoms with E-state index in [9.17, 15) is 9.59 Å². The lowest BCUT2D eigenvalue weighted by Crippen LogP contribution is -2.39. The maximum atomic E-state index is 13.6. The fourth-order valence-corrected chi connectivity index (χ4v) is 4.83. The van der Waals surface area contributed by atoms with Gasteiger partial charge < -0.3 is 9.47 Å². The molecule has 3 aromatic rings. The van der Waals surface area contributed by atoms with Crippen LogP contribution in [-0.2, 0) is 9.53 Å². The molecule has 1 aliphatic rings. The number of carbonyl (C=O) groups excluding carboxylic acids is 1. The highest BCUT2D eigenvalue weighted by Gasteiger charge is 2.32. The first-order valence-electron chi connectivity index (χ1n) is 10.9. The normalized spacial score (nSPS) is 16.7. The van der Waals surface area contributed by atoms with E-state index in [1.165, 1.54) is 18.4 Å². The van der Waals surface area contributed by atoms with Gasteiger partial charge in [0.05, 0.1) is 35.1 Å². The Morgan fingerprint density at radius 2 is 1.88 bits per heavy atom. The summed E-state index contributed by atoms with van der Waals surface area (Å²) in [6.45, 7) is 5.85. The molecule has 170 valence electrons. The zero-order valence-corrected chi connectivity index (χ0v) is 19.9. The van der Waals surface area contributed by atoms with Crippen LogP contribution in [-0.4, -0.2) is 23.8 Å². The maximum Gasteiger partial charge on any atom is 0.338 e. The Morgan fingerprint density at radius 3 is 2.58 bits per heavy atom. The van der Waals surface area contributed by atoms with Gasteiger partial charge in [0.1, 0.15) is 5.75 Å². The van der Waals surface area contributed by atoms with E-state index >= 15 is 0 Å². The lowest BCUT2D eigenvalue weighted by atomic mass is 9.96. The molecule has 33 heavy (non-hydrogen) atoms. The number of carbonyl (C=O) groups is 1. The number of esters is 1. The molecule has 0 radical (unpaired) electrons. The number of allylic oxidation sites excluding steroid dienone is 1. The standard InChI is InChI=1S/C26H26N2O4S/c1-5-16(2)32-20-14-10-9-13-19(20)15-21-24(29)28-23(18-11-7-6-8-12-18)22(25(30)31-4)17(3)27-26(28)33-21/h6-16,23H,5H2,1-4H3. The number of benzene rings is 2. The van der Waals surface area contributed by atoms with E-state index in [-0.39, 0.29) is 11.7 Å². The highest BCUT2D eigenvalue weighted by molar-refractivity contribution is 7.07. The molecule has 0 spiro atoms. The fourth-order valence-electron chi connectivity index (χ4n) is 3.79. The minimum absolute atomic E-state index is 0.0594. The van der Waals surface area contributed by atoms with E-state index in [0.29, 0.717) is 20.6 Å². The average molecular weight is 463 g/mol. The van der Waals surface area contributed by atoms with E-state index in [4.69, 9.17) is 9.47 Å². The van der Waals surface area contributed by atoms with Crippen molar-refractivity contribution in [1.29, 1.82) is 0 Å². The lowest BCUT2D eigenvalue weighted by Gasteiger charge is -2.24. The van der Waals surface area contributed by atoms with Gasteiger partial charge in [-0.2, -0.15) is 0 Å². The minimum Gasteiger partial charge on any atom is -0.490 e. The van der Waals surface area contributed by atoms with Crippen molar-refractivity contribution in [3.63, 3.8) is 0 Å². The Hall–Kier alpha value is -3.45. The summed E-state index contributed by atoms with van der Waals surface area (Å²) < 4.78 is 13.2. The number of thiazole rings is 1. The van der Waals surface area contributed by atoms with Crippen molar-refractivity contribution in [2.24, 2.45) is 4.99 Å². The molecule has 6 nitrogen and oxygen atoms in total. The van der Waals surface area contributed by atoms with Gasteiger partial charge in [0.25, 0.3) is 5.56 Å². The summed E-state index contributed by atoms with van der Waals surface area (Å²) in [5.74, 6) is 0.232. The van der Waals surface area contributed by atoms with Crippen LogP contribution < -0.4 is 19.6 Å². The number of para-hydroxylation sites is 1. The van der Waals surface area contributed by atoms with Crippen LogP contribution >= 0.6 is 11.3 Å². The number of rotatable bonds is 6. The summed E-state index contributed by atoms with van der Waals surface area (Å²) >= 11 is 1.30. The summed E-state index contributed by atoms with van der Waals surface area (Å²) in [6, 6.07) is 16.5. The monoisotopic (exact) mass is 462 g/mol. The molecule has 2 aromatic carbocycles. The molecule has 0 fully saturated rings. The second-order valence-electron chi connectivity index (χ2n) is 7.86. The van der Waals surface area contributed by atoms with Crippen molar-refractivity contribution >= 4 is 23.4 Å². The van der Waals surface area contributed by atoms with Crippen LogP contribution in [0.15, 0.2) is 75.7 Å². The SMILES string of the molecule is CCC(C)Oc1ccccc1C=c1sc2n(c1=O)C(c1ccccc1)C(C(=O)OC)=C(C)N=2. The van der Waals surface area contributed by atoms with E-state index in [0.717, 1.165) is 23.3 Å². The molecule has 0 saturated heterocycles. The van der Waals surface area contributed by atoms with Crippen LogP contribution in [0.1, 0.15) is 44.4 Å². The van der Waals surface area contributed by atoms with Crippen LogP contribution in [0.25, 0.3) is 6.08 Å². The summed E-state index contributed by atoms with van der Waals surface area (Å²) in [6.07, 6.45) is 2.77. The molecule has 0 saturated carbocycles. The molecule has 1 aromatic heterocycles. The van der Waals surface area contributed by atoms with Gasteiger partial charge in [0.15, 0.2) is 4.80 Å². The number of aromatic nitrogens is 1. The zero-order chi connectivity index (χ0) is 23.5. The molecule has 0 aliphatic carbocycles. The number of fused-ring (bicyclic) bond motifs is 1. The predicted octanol–water partition coefficient (Wildman–Crippen LogP) is 3.59. The predicted molar refractivity (Wildman–Crippen MR) is 129 cm³/mol. The second kappa shape index (κ2) is 9.58. The van der Waals surface area contributed by atoms with E-state index in [2.05, 4.69) is 11.9 Å². The van der Waals surface area contributed by atoms with E-state index < -0.39 is 12.0 Å². The van der Waals surface area contributed by atoms with Crippen molar-refractivity contribution in [2.45, 2.75) is 39.3 Å². The summed E-state index contributed by atoms with van der Waals surface area (Å²) in [5.41, 5.74) is 2.34. The molecule has 0 N–H and O–H groups in total. The number of nitrogens with zero attached hydrogens (tertiary/aromatic N) is 2. The third-order valence-corrected chi connectivity index (χ3v) is 6.63. The first-order chi connectivity index (χ1) is 15.9. The number of methoxy groups -OCH3 is 1. The first-order valence-corrected chi connectivity index (χ1v) is 11.7. The Balaban J connectivity index is 1.92. The van der Waals surface area contributed by atoms with Crippen molar-refractivity contribution in [3.8, 4) is 5.75 Å². The fraction of sp³-hybridized carbons (Fsp3) is 0.269. The summed E-state index contributed by atoms with van der Waals surface area (Å²) in [5, 5.41) is 0. The summed E-state index contributed by atoms with van der Waals surface area (Å²) in [7, 11) is 1.34. The highest BCUT2D eigenvalue weighted by Crippen LogP contribution is 2.30. The number of hydrogen-bond donors (Lipinski definition) is 0. The molecule has 2 heterocycles. The Bertz CT molecular complexity index is 1390. The van der Waals surface area contributed by atoms with Gasteiger partial charge >= 0.3 is 5.97 Å². The first kappa shape index (κ1) is 22.7. The van der Waals surface area contributed by atoms with Gasteiger partial charge in [-0.1, -0.05) is 66.8 Å². The van der Waals surface area contributed by atoms with Gasteiger partial charge in [-0.3, -0.25) is 9.36 Å². The zero-order valence-electron chi connectivity index (χ0n) is 19.1. The molecular formula is C26H26N2O4S. The van der Waals surface area contributed by atoms with Gasteiger partial charge in [-0.15, -0.1) is 0 Å². The minimum atomic E-state index is -0.608. The van der Waals surface area contributed by atoms with Crippen LogP contribution in [0.4, 0.5) is 0 Å². The van der Waals surface area contributed by atoms with Crippen molar-refractivity contribution in [2.75, 3.05) is 7.11 Å². The quantitative estimate of drug-likeness (QED) is 0.525. The number of hydrogen-bond acceptors (Lipinski definition) is 6. The molecule has 1 aliphatic heterocycles. The molecule has 2 atom stereocenters. The topological polar surface area (TPSA) is 69.9 Å². The van der Waals surface area contributed by atoms with E-state index in [1.54, 1.807) is 11.5 Å². The highest BCUT2D eigenvalue weighted by atomic mass is 32.1. The van der Waals surface area contributed by atoms with Gasteiger partial charge in [0.2, 0.25) is 0 Å². The largest absolute Gasteiger partial charge is 0.490 e. The van der Waals surface area contributed by atoms with Crippen molar-refractivity contribution in [3.05, 3.63) is 96.7 Å². The maximum absolute atomic E-state index is 13.6. The Labute approximate surface area is 196 Å². The average Bonchev–Trinajstić information content (AvgIpc) is 3.13. The second-order valence-corrected chi connectivity index (χ2v) is 8.87. The third-order valence-electron chi connectivity index (χ3n) is 5.65. The molecule has 0 bridgehead atoms. The number of ether oxygens (including phenoxy) is 2. The molecular weight excluding hydrogens is 436 g/mol. The van der Waals surface area contributed by atoms with Crippen LogP contribution in [0.2, 0.25) is 0 Å².